The van der Waals surface area contributed by atoms with E-state index in [9.17, 15) is 4.79 Å². The molecular weight excluding hydrogens is 274 g/mol. The van der Waals surface area contributed by atoms with Gasteiger partial charge in [0.1, 0.15) is 0 Å². The average Bonchev–Trinajstić information content (AvgIpc) is 2.43. The van der Waals surface area contributed by atoms with Crippen LogP contribution in [0.3, 0.4) is 0 Å². The van der Waals surface area contributed by atoms with Gasteiger partial charge in [-0.2, -0.15) is 0 Å². The van der Waals surface area contributed by atoms with Crippen molar-refractivity contribution in [3.05, 3.63) is 47.6 Å². The monoisotopic (exact) mass is 289 g/mol. The van der Waals surface area contributed by atoms with Crippen LogP contribution in [0.25, 0.3) is 10.9 Å². The highest BCUT2D eigenvalue weighted by molar-refractivity contribution is 6.35. The zero-order valence-corrected chi connectivity index (χ0v) is 11.9. The first kappa shape index (κ1) is 14.5. The van der Waals surface area contributed by atoms with Crippen LogP contribution in [0.4, 0.5) is 5.69 Å². The molecule has 1 atom stereocenters. The molecule has 0 aliphatic rings. The lowest BCUT2D eigenvalue weighted by Crippen LogP contribution is -2.35. The molecule has 0 saturated heterocycles. The zero-order chi connectivity index (χ0) is 14.7. The third kappa shape index (κ3) is 2.81. The molecule has 0 spiro atoms. The number of amides is 1. The van der Waals surface area contributed by atoms with E-state index >= 15 is 0 Å². The van der Waals surface area contributed by atoms with E-state index < -0.39 is 6.04 Å². The predicted octanol–water partition coefficient (Wildman–Crippen LogP) is 3.04. The first-order chi connectivity index (χ1) is 9.54. The lowest BCUT2D eigenvalue weighted by atomic mass is 10.1. The molecule has 5 heteroatoms. The van der Waals surface area contributed by atoms with E-state index in [4.69, 9.17) is 17.3 Å². The van der Waals surface area contributed by atoms with Gasteiger partial charge in [-0.15, -0.1) is 6.58 Å². The summed E-state index contributed by atoms with van der Waals surface area (Å²) >= 11 is 6.23. The van der Waals surface area contributed by atoms with Crippen LogP contribution in [0.1, 0.15) is 12.0 Å². The minimum absolute atomic E-state index is 0.291. The Morgan fingerprint density at radius 3 is 3.10 bits per heavy atom. The van der Waals surface area contributed by atoms with Crippen LogP contribution in [-0.2, 0) is 4.79 Å². The minimum Gasteiger partial charge on any atom is -0.323 e. The highest BCUT2D eigenvalue weighted by Gasteiger charge is 2.16. The van der Waals surface area contributed by atoms with Gasteiger partial charge in [0, 0.05) is 11.6 Å². The summed E-state index contributed by atoms with van der Waals surface area (Å²) in [7, 11) is 0. The van der Waals surface area contributed by atoms with Crippen LogP contribution in [0.2, 0.25) is 5.02 Å². The van der Waals surface area contributed by atoms with E-state index in [0.29, 0.717) is 17.1 Å². The zero-order valence-electron chi connectivity index (χ0n) is 11.2. The maximum Gasteiger partial charge on any atom is 0.241 e. The van der Waals surface area contributed by atoms with Crippen molar-refractivity contribution in [1.82, 2.24) is 4.98 Å². The van der Waals surface area contributed by atoms with Crippen molar-refractivity contribution >= 4 is 34.1 Å². The number of nitrogens with zero attached hydrogens (tertiary/aromatic N) is 1. The van der Waals surface area contributed by atoms with E-state index in [1.807, 2.05) is 13.0 Å². The van der Waals surface area contributed by atoms with E-state index in [1.54, 1.807) is 24.4 Å². The number of aromatic nitrogens is 1. The molecule has 0 aliphatic heterocycles. The molecule has 20 heavy (non-hydrogen) atoms. The maximum atomic E-state index is 12.0. The second-order valence-electron chi connectivity index (χ2n) is 4.57. The van der Waals surface area contributed by atoms with E-state index in [-0.39, 0.29) is 5.91 Å². The van der Waals surface area contributed by atoms with Gasteiger partial charge in [-0.3, -0.25) is 9.78 Å². The van der Waals surface area contributed by atoms with Crippen LogP contribution in [0.15, 0.2) is 37.1 Å². The Balaban J connectivity index is 2.44. The van der Waals surface area contributed by atoms with Gasteiger partial charge < -0.3 is 11.1 Å². The van der Waals surface area contributed by atoms with Crippen LogP contribution in [0.5, 0.6) is 0 Å². The number of carbonyl (C=O) groups excluding carboxylic acids is 1. The molecule has 1 unspecified atom stereocenters. The summed E-state index contributed by atoms with van der Waals surface area (Å²) < 4.78 is 0. The summed E-state index contributed by atoms with van der Waals surface area (Å²) in [5.74, 6) is -0.291. The number of nitrogens with one attached hydrogen (secondary N) is 1. The Hall–Kier alpha value is -1.91. The second kappa shape index (κ2) is 6.03. The molecule has 4 nitrogen and oxygen atoms in total. The van der Waals surface area contributed by atoms with E-state index in [2.05, 4.69) is 16.9 Å². The molecule has 0 radical (unpaired) electrons. The lowest BCUT2D eigenvalue weighted by Gasteiger charge is -2.14. The van der Waals surface area contributed by atoms with Gasteiger partial charge in [-0.05, 0) is 37.1 Å². The fourth-order valence-electron chi connectivity index (χ4n) is 2.01. The number of pyridine rings is 1. The molecule has 0 aliphatic carbocycles. The smallest absolute Gasteiger partial charge is 0.241 e. The van der Waals surface area contributed by atoms with Crippen LogP contribution in [-0.4, -0.2) is 16.9 Å². The third-order valence-corrected chi connectivity index (χ3v) is 3.34. The van der Waals surface area contributed by atoms with Gasteiger partial charge >= 0.3 is 0 Å². The Morgan fingerprint density at radius 1 is 1.65 bits per heavy atom. The predicted molar refractivity (Wildman–Crippen MR) is 82.9 cm³/mol. The van der Waals surface area contributed by atoms with Crippen molar-refractivity contribution in [2.24, 2.45) is 5.73 Å². The lowest BCUT2D eigenvalue weighted by molar-refractivity contribution is -0.117. The quantitative estimate of drug-likeness (QED) is 0.850. The number of hydrogen-bond donors (Lipinski definition) is 2. The number of aryl methyl sites for hydroxylation is 1. The summed E-state index contributed by atoms with van der Waals surface area (Å²) in [4.78, 5) is 16.3. The van der Waals surface area contributed by atoms with Gasteiger partial charge in [0.05, 0.1) is 22.3 Å². The minimum atomic E-state index is -0.642. The molecule has 3 N–H and O–H groups in total. The van der Waals surface area contributed by atoms with Crippen molar-refractivity contribution in [1.29, 1.82) is 0 Å². The second-order valence-corrected chi connectivity index (χ2v) is 4.98. The first-order valence-electron chi connectivity index (χ1n) is 6.25. The Morgan fingerprint density at radius 2 is 2.40 bits per heavy atom. The molecule has 1 amide bonds. The largest absolute Gasteiger partial charge is 0.323 e. The topological polar surface area (TPSA) is 68.0 Å². The normalized spacial score (nSPS) is 12.2. The molecule has 1 aromatic carbocycles. The van der Waals surface area contributed by atoms with Gasteiger partial charge in [0.2, 0.25) is 5.91 Å². The number of halogens is 1. The fraction of sp³-hybridized carbons (Fsp3) is 0.200. The SMILES string of the molecule is C=CCC(N)C(=O)Nc1c(Cl)cc(C)c2ncccc12. The highest BCUT2D eigenvalue weighted by atomic mass is 35.5. The summed E-state index contributed by atoms with van der Waals surface area (Å²) in [6.45, 7) is 5.50. The van der Waals surface area contributed by atoms with Crippen molar-refractivity contribution in [2.45, 2.75) is 19.4 Å². The molecule has 0 saturated carbocycles. The Labute approximate surface area is 122 Å². The molecule has 1 aromatic heterocycles. The molecule has 0 fully saturated rings. The van der Waals surface area contributed by atoms with E-state index in [1.165, 1.54) is 0 Å². The van der Waals surface area contributed by atoms with Crippen LogP contribution < -0.4 is 11.1 Å². The van der Waals surface area contributed by atoms with Gasteiger partial charge in [0.15, 0.2) is 0 Å². The molecule has 2 rings (SSSR count). The number of benzene rings is 1. The van der Waals surface area contributed by atoms with Gasteiger partial charge in [-0.25, -0.2) is 0 Å². The fourth-order valence-corrected chi connectivity index (χ4v) is 2.32. The number of carbonyl (C=O) groups is 1. The number of rotatable bonds is 4. The van der Waals surface area contributed by atoms with Gasteiger partial charge in [0.25, 0.3) is 0 Å². The van der Waals surface area contributed by atoms with Crippen LogP contribution >= 0.6 is 11.6 Å². The Kier molecular flexibility index (Phi) is 4.37. The van der Waals surface area contributed by atoms with Crippen LogP contribution in [0, 0.1) is 6.92 Å². The number of anilines is 1. The maximum absolute atomic E-state index is 12.0. The Bertz CT molecular complexity index is 669. The molecule has 104 valence electrons. The van der Waals surface area contributed by atoms with Gasteiger partial charge in [-0.1, -0.05) is 17.7 Å². The number of nitrogens with two attached hydrogens (primary N) is 1. The molecule has 1 heterocycles. The van der Waals surface area contributed by atoms with Crippen molar-refractivity contribution < 1.29 is 4.79 Å². The third-order valence-electron chi connectivity index (χ3n) is 3.04. The summed E-state index contributed by atoms with van der Waals surface area (Å²) in [5.41, 5.74) is 8.07. The average molecular weight is 290 g/mol. The first-order valence-corrected chi connectivity index (χ1v) is 6.63. The number of hydrogen-bond acceptors (Lipinski definition) is 3. The van der Waals surface area contributed by atoms with Crippen molar-refractivity contribution in [3.8, 4) is 0 Å². The molecular formula is C15H16ClN3O. The summed E-state index contributed by atoms with van der Waals surface area (Å²) in [6.07, 6.45) is 3.73. The summed E-state index contributed by atoms with van der Waals surface area (Å²) in [5, 5.41) is 4.06. The standard InChI is InChI=1S/C15H16ClN3O/c1-3-5-12(17)15(20)19-14-10-6-4-7-18-13(10)9(2)8-11(14)16/h3-4,6-8,12H,1,5,17H2,2H3,(H,19,20). The number of fused-ring (bicyclic) bond motifs is 1. The summed E-state index contributed by atoms with van der Waals surface area (Å²) in [6, 6.07) is 4.82. The molecule has 2 aromatic rings. The highest BCUT2D eigenvalue weighted by Crippen LogP contribution is 2.32. The van der Waals surface area contributed by atoms with Crippen molar-refractivity contribution in [2.75, 3.05) is 5.32 Å². The van der Waals surface area contributed by atoms with E-state index in [0.717, 1.165) is 16.5 Å². The van der Waals surface area contributed by atoms with Crippen molar-refractivity contribution in [3.63, 3.8) is 0 Å². The molecule has 0 bridgehead atoms.